The van der Waals surface area contributed by atoms with Gasteiger partial charge in [0, 0.05) is 43.5 Å². The number of piperazine rings is 1. The molecule has 0 radical (unpaired) electrons. The number of nitrogens with zero attached hydrogens (tertiary/aromatic N) is 3. The van der Waals surface area contributed by atoms with Crippen LogP contribution in [0, 0.1) is 0 Å². The summed E-state index contributed by atoms with van der Waals surface area (Å²) in [5, 5.41) is 7.01. The summed E-state index contributed by atoms with van der Waals surface area (Å²) < 4.78 is 10.4. The Bertz CT molecular complexity index is 1010. The Morgan fingerprint density at radius 3 is 2.39 bits per heavy atom. The topological polar surface area (TPSA) is 70.8 Å². The molecule has 1 N–H and O–H groups in total. The lowest BCUT2D eigenvalue weighted by Gasteiger charge is -2.34. The lowest BCUT2D eigenvalue weighted by Crippen LogP contribution is -2.44. The highest BCUT2D eigenvalue weighted by Crippen LogP contribution is 2.23. The normalized spacial score (nSPS) is 15.5. The first-order valence-electron chi connectivity index (χ1n) is 10.5. The predicted molar refractivity (Wildman–Crippen MR) is 121 cm³/mol. The zero-order valence-corrected chi connectivity index (χ0v) is 18.2. The molecule has 3 aromatic rings. The maximum absolute atomic E-state index is 12.6. The lowest BCUT2D eigenvalue weighted by atomic mass is 10.1. The van der Waals surface area contributed by atoms with E-state index in [1.165, 1.54) is 5.69 Å². The molecule has 0 saturated carbocycles. The molecule has 0 bridgehead atoms. The highest BCUT2D eigenvalue weighted by molar-refractivity contribution is 5.92. The van der Waals surface area contributed by atoms with Gasteiger partial charge in [0.15, 0.2) is 0 Å². The molecule has 7 heteroatoms. The van der Waals surface area contributed by atoms with Gasteiger partial charge in [-0.05, 0) is 55.9 Å². The second-order valence-electron chi connectivity index (χ2n) is 7.88. The van der Waals surface area contributed by atoms with Crippen molar-refractivity contribution < 1.29 is 14.1 Å². The van der Waals surface area contributed by atoms with Crippen LogP contribution in [0.25, 0.3) is 11.3 Å². The molecule has 0 spiro atoms. The molecule has 1 aliphatic heterocycles. The molecule has 7 nitrogen and oxygen atoms in total. The molecule has 0 unspecified atom stereocenters. The summed E-state index contributed by atoms with van der Waals surface area (Å²) >= 11 is 0. The van der Waals surface area contributed by atoms with Crippen LogP contribution in [0.4, 0.5) is 5.69 Å². The number of hydrogen-bond acceptors (Lipinski definition) is 6. The number of anilines is 1. The average molecular weight is 421 g/mol. The smallest absolute Gasteiger partial charge is 0.290 e. The van der Waals surface area contributed by atoms with Gasteiger partial charge in [-0.3, -0.25) is 4.79 Å². The molecule has 2 aromatic carbocycles. The number of carbonyl (C=O) groups is 1. The monoisotopic (exact) mass is 420 g/mol. The van der Waals surface area contributed by atoms with Crippen LogP contribution in [0.1, 0.15) is 29.1 Å². The number of amides is 1. The van der Waals surface area contributed by atoms with Crippen LogP contribution >= 0.6 is 0 Å². The van der Waals surface area contributed by atoms with E-state index in [4.69, 9.17) is 9.26 Å². The standard InChI is InChI=1S/C24H28N4O3/c1-17(18-4-8-20(9-5-18)28-14-12-27(2)13-15-28)25-24(29)23-16-22(26-31-23)19-6-10-21(30-3)11-7-19/h4-11,16-17H,12-15H2,1-3H3,(H,25,29)/t17-/m0/s1. The number of aromatic nitrogens is 1. The lowest BCUT2D eigenvalue weighted by molar-refractivity contribution is 0.0902. The Labute approximate surface area is 182 Å². The van der Waals surface area contributed by atoms with E-state index < -0.39 is 0 Å². The highest BCUT2D eigenvalue weighted by Gasteiger charge is 2.18. The molecule has 1 aromatic heterocycles. The molecule has 0 aliphatic carbocycles. The number of ether oxygens (including phenoxy) is 1. The second-order valence-corrected chi connectivity index (χ2v) is 7.88. The SMILES string of the molecule is COc1ccc(-c2cc(C(=O)N[C@@H](C)c3ccc(N4CCN(C)CC4)cc3)on2)cc1. The van der Waals surface area contributed by atoms with Gasteiger partial charge in [-0.1, -0.05) is 17.3 Å². The number of nitrogens with one attached hydrogen (secondary N) is 1. The first-order valence-corrected chi connectivity index (χ1v) is 10.5. The molecule has 1 atom stereocenters. The van der Waals surface area contributed by atoms with Crippen molar-refractivity contribution >= 4 is 11.6 Å². The number of carbonyl (C=O) groups excluding carboxylic acids is 1. The minimum Gasteiger partial charge on any atom is -0.497 e. The maximum Gasteiger partial charge on any atom is 0.290 e. The Morgan fingerprint density at radius 1 is 1.06 bits per heavy atom. The molecule has 1 amide bonds. The predicted octanol–water partition coefficient (Wildman–Crippen LogP) is 3.59. The van der Waals surface area contributed by atoms with Crippen LogP contribution in [0.3, 0.4) is 0 Å². The summed E-state index contributed by atoms with van der Waals surface area (Å²) in [7, 11) is 3.77. The number of rotatable bonds is 6. The van der Waals surface area contributed by atoms with Crippen molar-refractivity contribution in [3.8, 4) is 17.0 Å². The minimum atomic E-state index is -0.289. The van der Waals surface area contributed by atoms with Gasteiger partial charge in [-0.25, -0.2) is 0 Å². The van der Waals surface area contributed by atoms with E-state index in [1.54, 1.807) is 13.2 Å². The number of hydrogen-bond donors (Lipinski definition) is 1. The Kier molecular flexibility index (Phi) is 6.23. The van der Waals surface area contributed by atoms with Crippen LogP contribution in [0.5, 0.6) is 5.75 Å². The van der Waals surface area contributed by atoms with Crippen molar-refractivity contribution in [3.63, 3.8) is 0 Å². The van der Waals surface area contributed by atoms with Gasteiger partial charge in [0.1, 0.15) is 11.4 Å². The molecule has 4 rings (SSSR count). The van der Waals surface area contributed by atoms with Gasteiger partial charge in [-0.15, -0.1) is 0 Å². The van der Waals surface area contributed by atoms with E-state index in [1.807, 2.05) is 31.2 Å². The van der Waals surface area contributed by atoms with Gasteiger partial charge in [-0.2, -0.15) is 0 Å². The van der Waals surface area contributed by atoms with Gasteiger partial charge >= 0.3 is 0 Å². The van der Waals surface area contributed by atoms with Crippen molar-refractivity contribution in [1.29, 1.82) is 0 Å². The maximum atomic E-state index is 12.6. The Hall–Kier alpha value is -3.32. The summed E-state index contributed by atoms with van der Waals surface area (Å²) in [4.78, 5) is 17.4. The van der Waals surface area contributed by atoms with E-state index in [0.29, 0.717) is 5.69 Å². The Balaban J connectivity index is 1.37. The summed E-state index contributed by atoms with van der Waals surface area (Å²) in [6.07, 6.45) is 0. The van der Waals surface area contributed by atoms with E-state index >= 15 is 0 Å². The number of methoxy groups -OCH3 is 1. The molecule has 2 heterocycles. The van der Waals surface area contributed by atoms with Crippen LogP contribution in [-0.4, -0.2) is 56.3 Å². The van der Waals surface area contributed by atoms with Gasteiger partial charge in [0.05, 0.1) is 13.2 Å². The molecule has 162 valence electrons. The number of benzene rings is 2. The Morgan fingerprint density at radius 2 is 1.74 bits per heavy atom. The van der Waals surface area contributed by atoms with E-state index in [2.05, 4.69) is 51.6 Å². The van der Waals surface area contributed by atoms with Crippen LogP contribution in [-0.2, 0) is 0 Å². The third-order valence-electron chi connectivity index (χ3n) is 5.73. The van der Waals surface area contributed by atoms with Gasteiger partial charge < -0.3 is 24.4 Å². The van der Waals surface area contributed by atoms with Crippen molar-refractivity contribution in [2.75, 3.05) is 45.2 Å². The van der Waals surface area contributed by atoms with E-state index in [-0.39, 0.29) is 17.7 Å². The van der Waals surface area contributed by atoms with Gasteiger partial charge in [0.25, 0.3) is 5.91 Å². The summed E-state index contributed by atoms with van der Waals surface area (Å²) in [5.74, 6) is 0.660. The fourth-order valence-electron chi connectivity index (χ4n) is 3.67. The fourth-order valence-corrected chi connectivity index (χ4v) is 3.67. The molecule has 31 heavy (non-hydrogen) atoms. The van der Waals surface area contributed by atoms with Crippen molar-refractivity contribution in [2.24, 2.45) is 0 Å². The third kappa shape index (κ3) is 4.88. The summed E-state index contributed by atoms with van der Waals surface area (Å²) in [6, 6.07) is 17.3. The van der Waals surface area contributed by atoms with E-state index in [9.17, 15) is 4.79 Å². The molecular weight excluding hydrogens is 392 g/mol. The zero-order valence-electron chi connectivity index (χ0n) is 18.2. The number of likely N-dealkylation sites (N-methyl/N-ethyl adjacent to an activating group) is 1. The van der Waals surface area contributed by atoms with Crippen molar-refractivity contribution in [1.82, 2.24) is 15.4 Å². The van der Waals surface area contributed by atoms with Crippen LogP contribution in [0.15, 0.2) is 59.1 Å². The van der Waals surface area contributed by atoms with Crippen LogP contribution in [0.2, 0.25) is 0 Å². The van der Waals surface area contributed by atoms with E-state index in [0.717, 1.165) is 43.1 Å². The molecular formula is C24H28N4O3. The zero-order chi connectivity index (χ0) is 21.8. The first-order chi connectivity index (χ1) is 15.0. The minimum absolute atomic E-state index is 0.149. The molecule has 1 aliphatic rings. The van der Waals surface area contributed by atoms with Gasteiger partial charge in [0.2, 0.25) is 5.76 Å². The quantitative estimate of drug-likeness (QED) is 0.657. The fraction of sp³-hybridized carbons (Fsp3) is 0.333. The second kappa shape index (κ2) is 9.22. The van der Waals surface area contributed by atoms with Crippen molar-refractivity contribution in [2.45, 2.75) is 13.0 Å². The first kappa shape index (κ1) is 20.9. The molecule has 1 saturated heterocycles. The largest absolute Gasteiger partial charge is 0.497 e. The average Bonchev–Trinajstić information content (AvgIpc) is 3.30. The van der Waals surface area contributed by atoms with Crippen molar-refractivity contribution in [3.05, 3.63) is 65.9 Å². The molecule has 1 fully saturated rings. The third-order valence-corrected chi connectivity index (χ3v) is 5.73. The summed E-state index contributed by atoms with van der Waals surface area (Å²) in [6.45, 7) is 6.17. The summed E-state index contributed by atoms with van der Waals surface area (Å²) in [5.41, 5.74) is 3.73. The van der Waals surface area contributed by atoms with Crippen LogP contribution < -0.4 is 15.0 Å². The highest BCUT2D eigenvalue weighted by atomic mass is 16.5.